The van der Waals surface area contributed by atoms with Crippen LogP contribution in [0.3, 0.4) is 0 Å². The second-order valence-electron chi connectivity index (χ2n) is 5.12. The minimum atomic E-state index is -0.546. The first-order chi connectivity index (χ1) is 10.2. The molecule has 2 rings (SSSR count). The summed E-state index contributed by atoms with van der Waals surface area (Å²) in [6.07, 6.45) is 2.20. The Balaban J connectivity index is 1.85. The number of nitro benzene ring substituents is 1. The summed E-state index contributed by atoms with van der Waals surface area (Å²) in [6.45, 7) is 0. The number of nitrogens with zero attached hydrogens (tertiary/aromatic N) is 1. The molecule has 21 heavy (non-hydrogen) atoms. The molecule has 0 aliphatic rings. The Bertz CT molecular complexity index is 584. The second kappa shape index (κ2) is 7.55. The summed E-state index contributed by atoms with van der Waals surface area (Å²) in [4.78, 5) is 10.5. The van der Waals surface area contributed by atoms with Crippen LogP contribution in [0.5, 0.6) is 0 Å². The number of aryl methyl sites for hydroxylation is 1. The van der Waals surface area contributed by atoms with Crippen LogP contribution >= 0.6 is 0 Å². The maximum absolute atomic E-state index is 10.9. The van der Waals surface area contributed by atoms with E-state index < -0.39 is 11.0 Å². The van der Waals surface area contributed by atoms with Crippen LogP contribution in [0.15, 0.2) is 54.6 Å². The van der Waals surface area contributed by atoms with Gasteiger partial charge in [-0.3, -0.25) is 10.1 Å². The Hall–Kier alpha value is -2.20. The van der Waals surface area contributed by atoms with Crippen molar-refractivity contribution in [2.24, 2.45) is 0 Å². The van der Waals surface area contributed by atoms with E-state index in [-0.39, 0.29) is 5.69 Å². The number of hydrogen-bond acceptors (Lipinski definition) is 3. The van der Waals surface area contributed by atoms with Gasteiger partial charge in [0.1, 0.15) is 0 Å². The summed E-state index contributed by atoms with van der Waals surface area (Å²) < 4.78 is 0. The van der Waals surface area contributed by atoms with Crippen molar-refractivity contribution in [3.8, 4) is 0 Å². The van der Waals surface area contributed by atoms with Crippen molar-refractivity contribution < 1.29 is 10.0 Å². The number of aliphatic hydroxyl groups excluding tert-OH is 1. The molecule has 110 valence electrons. The van der Waals surface area contributed by atoms with Gasteiger partial charge in [-0.2, -0.15) is 0 Å². The number of aliphatic hydroxyl groups is 1. The molecular formula is C17H19NO3. The molecule has 0 aliphatic carbocycles. The van der Waals surface area contributed by atoms with Crippen LogP contribution < -0.4 is 0 Å². The van der Waals surface area contributed by atoms with Gasteiger partial charge >= 0.3 is 0 Å². The molecule has 4 heteroatoms. The Morgan fingerprint density at radius 1 is 1.05 bits per heavy atom. The topological polar surface area (TPSA) is 63.4 Å². The van der Waals surface area contributed by atoms with Crippen LogP contribution in [0.1, 0.15) is 24.0 Å². The molecule has 0 radical (unpaired) electrons. The predicted octanol–water partition coefficient (Wildman–Crippen LogP) is 3.52. The van der Waals surface area contributed by atoms with Crippen molar-refractivity contribution >= 4 is 5.69 Å². The molecule has 0 saturated carbocycles. The van der Waals surface area contributed by atoms with Gasteiger partial charge in [-0.1, -0.05) is 48.5 Å². The van der Waals surface area contributed by atoms with Gasteiger partial charge < -0.3 is 5.11 Å². The molecule has 1 unspecified atom stereocenters. The molecule has 2 aromatic rings. The summed E-state index contributed by atoms with van der Waals surface area (Å²) in [6, 6.07) is 16.7. The van der Waals surface area contributed by atoms with Gasteiger partial charge in [0.2, 0.25) is 0 Å². The van der Waals surface area contributed by atoms with Gasteiger partial charge in [0.05, 0.1) is 11.0 Å². The minimum Gasteiger partial charge on any atom is -0.393 e. The van der Waals surface area contributed by atoms with Gasteiger partial charge in [-0.05, 0) is 24.8 Å². The van der Waals surface area contributed by atoms with E-state index in [1.165, 1.54) is 11.6 Å². The first-order valence-corrected chi connectivity index (χ1v) is 7.11. The third kappa shape index (κ3) is 4.68. The fraction of sp³-hybridized carbons (Fsp3) is 0.294. The van der Waals surface area contributed by atoms with Gasteiger partial charge in [0, 0.05) is 18.1 Å². The largest absolute Gasteiger partial charge is 0.393 e. The summed E-state index contributed by atoms with van der Waals surface area (Å²) in [5.41, 5.74) is 1.92. The third-order valence-corrected chi connectivity index (χ3v) is 3.49. The maximum atomic E-state index is 10.9. The van der Waals surface area contributed by atoms with Crippen LogP contribution in [-0.4, -0.2) is 16.1 Å². The third-order valence-electron chi connectivity index (χ3n) is 3.49. The smallest absolute Gasteiger partial charge is 0.272 e. The van der Waals surface area contributed by atoms with Gasteiger partial charge in [-0.25, -0.2) is 0 Å². The van der Waals surface area contributed by atoms with Crippen LogP contribution in [0.2, 0.25) is 0 Å². The Morgan fingerprint density at radius 3 is 2.43 bits per heavy atom. The van der Waals surface area contributed by atoms with E-state index in [1.807, 2.05) is 18.2 Å². The van der Waals surface area contributed by atoms with E-state index in [0.717, 1.165) is 12.8 Å². The highest BCUT2D eigenvalue weighted by Crippen LogP contribution is 2.20. The number of para-hydroxylation sites is 1. The van der Waals surface area contributed by atoms with Crippen molar-refractivity contribution in [2.45, 2.75) is 31.8 Å². The monoisotopic (exact) mass is 285 g/mol. The van der Waals surface area contributed by atoms with Crippen molar-refractivity contribution in [3.63, 3.8) is 0 Å². The minimum absolute atomic E-state index is 0.0830. The average Bonchev–Trinajstić information content (AvgIpc) is 2.48. The lowest BCUT2D eigenvalue weighted by Crippen LogP contribution is -2.12. The zero-order valence-corrected chi connectivity index (χ0v) is 11.8. The Morgan fingerprint density at radius 2 is 1.71 bits per heavy atom. The summed E-state index contributed by atoms with van der Waals surface area (Å²) >= 11 is 0. The first kappa shape index (κ1) is 15.2. The van der Waals surface area contributed by atoms with Crippen molar-refractivity contribution in [2.75, 3.05) is 0 Å². The molecule has 2 aromatic carbocycles. The normalized spacial score (nSPS) is 12.0. The molecular weight excluding hydrogens is 266 g/mol. The lowest BCUT2D eigenvalue weighted by Gasteiger charge is -2.10. The molecule has 0 heterocycles. The molecule has 1 N–H and O–H groups in total. The van der Waals surface area contributed by atoms with Crippen LogP contribution in [0, 0.1) is 10.1 Å². The molecule has 0 bridgehead atoms. The average molecular weight is 285 g/mol. The number of hydrogen-bond donors (Lipinski definition) is 1. The van der Waals surface area contributed by atoms with Crippen molar-refractivity contribution in [3.05, 3.63) is 75.8 Å². The van der Waals surface area contributed by atoms with Crippen LogP contribution in [-0.2, 0) is 12.8 Å². The highest BCUT2D eigenvalue weighted by molar-refractivity contribution is 5.40. The molecule has 0 fully saturated rings. The quantitative estimate of drug-likeness (QED) is 0.625. The van der Waals surface area contributed by atoms with E-state index in [0.29, 0.717) is 18.4 Å². The fourth-order valence-electron chi connectivity index (χ4n) is 2.40. The molecule has 4 nitrogen and oxygen atoms in total. The Kier molecular flexibility index (Phi) is 5.46. The van der Waals surface area contributed by atoms with E-state index in [9.17, 15) is 15.2 Å². The lowest BCUT2D eigenvalue weighted by atomic mass is 10.0. The van der Waals surface area contributed by atoms with E-state index in [2.05, 4.69) is 12.1 Å². The maximum Gasteiger partial charge on any atom is 0.272 e. The molecule has 0 amide bonds. The van der Waals surface area contributed by atoms with Crippen molar-refractivity contribution in [1.29, 1.82) is 0 Å². The number of nitro groups is 1. The zero-order chi connectivity index (χ0) is 15.1. The summed E-state index contributed by atoms with van der Waals surface area (Å²) in [5.74, 6) is 0. The van der Waals surface area contributed by atoms with E-state index >= 15 is 0 Å². The molecule has 0 aliphatic heterocycles. The van der Waals surface area contributed by atoms with Crippen LogP contribution in [0.4, 0.5) is 5.69 Å². The number of rotatable bonds is 7. The predicted molar refractivity (Wildman–Crippen MR) is 82.2 cm³/mol. The first-order valence-electron chi connectivity index (χ1n) is 7.11. The molecule has 0 spiro atoms. The lowest BCUT2D eigenvalue weighted by molar-refractivity contribution is -0.385. The van der Waals surface area contributed by atoms with Crippen LogP contribution in [0.25, 0.3) is 0 Å². The molecule has 1 atom stereocenters. The standard InChI is InChI=1S/C17H19NO3/c19-16(11-6-9-14-7-2-1-3-8-14)13-15-10-4-5-12-17(15)18(20)21/h1-5,7-8,10,12,16,19H,6,9,11,13H2. The molecule has 0 saturated heterocycles. The van der Waals surface area contributed by atoms with Gasteiger partial charge in [0.25, 0.3) is 5.69 Å². The highest BCUT2D eigenvalue weighted by atomic mass is 16.6. The SMILES string of the molecule is O=[N+]([O-])c1ccccc1CC(O)CCCc1ccccc1. The fourth-order valence-corrected chi connectivity index (χ4v) is 2.40. The Labute approximate surface area is 124 Å². The van der Waals surface area contributed by atoms with E-state index in [1.54, 1.807) is 18.2 Å². The highest BCUT2D eigenvalue weighted by Gasteiger charge is 2.15. The van der Waals surface area contributed by atoms with Crippen molar-refractivity contribution in [1.82, 2.24) is 0 Å². The zero-order valence-electron chi connectivity index (χ0n) is 11.8. The molecule has 0 aromatic heterocycles. The number of benzene rings is 2. The summed E-state index contributed by atoms with van der Waals surface area (Å²) in [5, 5.41) is 21.0. The van der Waals surface area contributed by atoms with Gasteiger partial charge in [-0.15, -0.1) is 0 Å². The van der Waals surface area contributed by atoms with Gasteiger partial charge in [0.15, 0.2) is 0 Å². The second-order valence-corrected chi connectivity index (χ2v) is 5.12. The van der Waals surface area contributed by atoms with E-state index in [4.69, 9.17) is 0 Å². The summed E-state index contributed by atoms with van der Waals surface area (Å²) in [7, 11) is 0.